The number of carbonyl (C=O) groups is 2. The summed E-state index contributed by atoms with van der Waals surface area (Å²) in [4.78, 5) is 61.3. The molecule has 8 rings (SSSR count). The minimum absolute atomic E-state index is 0.0109. The topological polar surface area (TPSA) is 152 Å². The molecular weight excluding hydrogens is 769 g/mol. The number of rotatable bonds is 8. The number of hydrogen-bond donors (Lipinski definition) is 1. The fourth-order valence-electron chi connectivity index (χ4n) is 7.57. The first kappa shape index (κ1) is 38.1. The minimum atomic E-state index is -4.61. The Balaban J connectivity index is 1.10. The number of carbonyl (C=O) groups excluding carboxylic acids is 2. The van der Waals surface area contributed by atoms with Gasteiger partial charge in [-0.2, -0.15) is 22.7 Å². The molecule has 19 heteroatoms. The van der Waals surface area contributed by atoms with Gasteiger partial charge in [0.25, 0.3) is 11.5 Å². The number of aryl methyl sites for hydroxylation is 1. The molecule has 0 radical (unpaired) electrons. The van der Waals surface area contributed by atoms with Crippen LogP contribution in [0.15, 0.2) is 59.7 Å². The van der Waals surface area contributed by atoms with Gasteiger partial charge in [0.05, 0.1) is 40.9 Å². The number of piperazine rings is 1. The molecule has 15 nitrogen and oxygen atoms in total. The van der Waals surface area contributed by atoms with Crippen LogP contribution in [0.1, 0.15) is 58.3 Å². The van der Waals surface area contributed by atoms with Gasteiger partial charge in [0.2, 0.25) is 17.6 Å². The number of fused-ring (bicyclic) bond motifs is 3. The number of nitrogens with zero attached hydrogens (tertiary/aromatic N) is 9. The monoisotopic (exact) mass is 806 g/mol. The zero-order chi connectivity index (χ0) is 40.0. The standard InChI is InChI=1S/C38H38ClF3N10O5/c1-22-18-28(33(53)45-27-9-8-25(19-26(27)39)38(40,41)42)51-30(22)31(35(55)52-37(51)46-36(47-52)50-14-16-56-17-15-50)48-10-12-49(13-11-48)34(54)29-32(23(2)43-21-44-29)57-20-24-6-4-3-5-7-24/h3-9,19,21-22,28H,10-18,20H2,1-2H3,(H,45,53)/t22-,28-/m1/s1. The first-order chi connectivity index (χ1) is 27.4. The molecular formula is C38H38ClF3N10O5. The van der Waals surface area contributed by atoms with Crippen molar-refractivity contribution < 1.29 is 32.2 Å². The van der Waals surface area contributed by atoms with E-state index in [1.54, 1.807) is 16.4 Å². The maximum atomic E-state index is 14.5. The van der Waals surface area contributed by atoms with E-state index < -0.39 is 29.2 Å². The van der Waals surface area contributed by atoms with Gasteiger partial charge in [-0.25, -0.2) is 9.97 Å². The maximum absolute atomic E-state index is 14.5. The van der Waals surface area contributed by atoms with Crippen LogP contribution < -0.4 is 25.4 Å². The molecule has 1 N–H and O–H groups in total. The van der Waals surface area contributed by atoms with Crippen LogP contribution in [0.3, 0.4) is 0 Å². The number of hydrogen-bond acceptors (Lipinski definition) is 11. The predicted octanol–water partition coefficient (Wildman–Crippen LogP) is 4.73. The Morgan fingerprint density at radius 3 is 2.44 bits per heavy atom. The number of anilines is 3. The van der Waals surface area contributed by atoms with Gasteiger partial charge >= 0.3 is 6.18 Å². The van der Waals surface area contributed by atoms with Crippen LogP contribution in [0, 0.1) is 6.92 Å². The normalized spacial score (nSPS) is 18.5. The third-order valence-electron chi connectivity index (χ3n) is 10.5. The van der Waals surface area contributed by atoms with Crippen LogP contribution in [0.2, 0.25) is 5.02 Å². The Hall–Kier alpha value is -5.75. The van der Waals surface area contributed by atoms with Crippen LogP contribution in [-0.2, 0) is 22.3 Å². The van der Waals surface area contributed by atoms with Crippen molar-refractivity contribution in [3.05, 3.63) is 98.4 Å². The first-order valence-electron chi connectivity index (χ1n) is 18.5. The summed E-state index contributed by atoms with van der Waals surface area (Å²) in [7, 11) is 0. The zero-order valence-corrected chi connectivity index (χ0v) is 31.8. The van der Waals surface area contributed by atoms with E-state index in [2.05, 4.69) is 20.4 Å². The molecule has 2 saturated heterocycles. The lowest BCUT2D eigenvalue weighted by Crippen LogP contribution is -2.51. The summed E-state index contributed by atoms with van der Waals surface area (Å²) < 4.78 is 54.5. The van der Waals surface area contributed by atoms with E-state index in [4.69, 9.17) is 26.1 Å². The van der Waals surface area contributed by atoms with Crippen LogP contribution in [0.4, 0.5) is 30.5 Å². The van der Waals surface area contributed by atoms with Crippen molar-refractivity contribution >= 4 is 46.5 Å². The average Bonchev–Trinajstić information content (AvgIpc) is 3.81. The molecule has 298 valence electrons. The summed E-state index contributed by atoms with van der Waals surface area (Å²) in [6, 6.07) is 11.4. The van der Waals surface area contributed by atoms with Crippen molar-refractivity contribution in [1.82, 2.24) is 34.0 Å². The highest BCUT2D eigenvalue weighted by molar-refractivity contribution is 6.33. The Kier molecular flexibility index (Phi) is 10.2. The second-order valence-corrected chi connectivity index (χ2v) is 14.6. The number of nitrogens with one attached hydrogen (secondary N) is 1. The zero-order valence-electron chi connectivity index (χ0n) is 31.0. The van der Waals surface area contributed by atoms with Crippen molar-refractivity contribution in [2.75, 3.05) is 67.6 Å². The highest BCUT2D eigenvalue weighted by Crippen LogP contribution is 2.42. The fourth-order valence-corrected chi connectivity index (χ4v) is 7.80. The van der Waals surface area contributed by atoms with E-state index in [1.807, 2.05) is 47.1 Å². The quantitative estimate of drug-likeness (QED) is 0.232. The largest absolute Gasteiger partial charge is 0.485 e. The average molecular weight is 807 g/mol. The van der Waals surface area contributed by atoms with E-state index in [0.717, 1.165) is 23.8 Å². The Labute approximate surface area is 329 Å². The van der Waals surface area contributed by atoms with E-state index >= 15 is 0 Å². The molecule has 2 amide bonds. The van der Waals surface area contributed by atoms with Gasteiger partial charge in [-0.15, -0.1) is 5.10 Å². The van der Waals surface area contributed by atoms with Crippen molar-refractivity contribution in [2.45, 2.75) is 45.0 Å². The molecule has 2 atom stereocenters. The van der Waals surface area contributed by atoms with Gasteiger partial charge in [0.1, 0.15) is 24.7 Å². The molecule has 0 saturated carbocycles. The van der Waals surface area contributed by atoms with Gasteiger partial charge in [-0.3, -0.25) is 19.0 Å². The third-order valence-corrected chi connectivity index (χ3v) is 10.8. The number of benzene rings is 2. The molecule has 5 aromatic rings. The summed E-state index contributed by atoms with van der Waals surface area (Å²) in [6.45, 7) is 6.82. The number of amides is 2. The van der Waals surface area contributed by atoms with E-state index in [1.165, 1.54) is 10.8 Å². The summed E-state index contributed by atoms with van der Waals surface area (Å²) >= 11 is 6.22. The van der Waals surface area contributed by atoms with E-state index in [-0.39, 0.29) is 73.2 Å². The molecule has 0 spiro atoms. The molecule has 0 bridgehead atoms. The van der Waals surface area contributed by atoms with E-state index in [9.17, 15) is 27.6 Å². The summed E-state index contributed by atoms with van der Waals surface area (Å²) in [5.41, 5.74) is 1.12. The Bertz CT molecular complexity index is 2400. The fraction of sp³-hybridized carbons (Fsp3) is 0.395. The molecule has 3 aliphatic heterocycles. The Morgan fingerprint density at radius 2 is 1.74 bits per heavy atom. The maximum Gasteiger partial charge on any atom is 0.416 e. The van der Waals surface area contributed by atoms with Gasteiger partial charge in [-0.1, -0.05) is 48.9 Å². The number of halogens is 4. The second kappa shape index (κ2) is 15.3. The second-order valence-electron chi connectivity index (χ2n) is 14.2. The Morgan fingerprint density at radius 1 is 1.00 bits per heavy atom. The van der Waals surface area contributed by atoms with Crippen molar-refractivity contribution in [2.24, 2.45) is 0 Å². The van der Waals surface area contributed by atoms with Crippen molar-refractivity contribution in [3.8, 4) is 5.75 Å². The highest BCUT2D eigenvalue weighted by atomic mass is 35.5. The summed E-state index contributed by atoms with van der Waals surface area (Å²) in [5, 5.41) is 7.05. The summed E-state index contributed by atoms with van der Waals surface area (Å²) in [5.74, 6) is -0.456. The van der Waals surface area contributed by atoms with Crippen LogP contribution in [0.5, 0.6) is 5.75 Å². The molecule has 2 aromatic carbocycles. The number of alkyl halides is 3. The van der Waals surface area contributed by atoms with Gasteiger partial charge in [-0.05, 0) is 37.1 Å². The molecule has 2 fully saturated rings. The molecule has 0 aliphatic carbocycles. The van der Waals surface area contributed by atoms with Crippen molar-refractivity contribution in [1.29, 1.82) is 0 Å². The lowest BCUT2D eigenvalue weighted by Gasteiger charge is -2.36. The van der Waals surface area contributed by atoms with Gasteiger partial charge < -0.3 is 29.5 Å². The molecule has 3 aliphatic rings. The number of morpholine rings is 1. The van der Waals surface area contributed by atoms with E-state index in [0.29, 0.717) is 55.1 Å². The minimum Gasteiger partial charge on any atom is -0.485 e. The smallest absolute Gasteiger partial charge is 0.416 e. The molecule has 57 heavy (non-hydrogen) atoms. The predicted molar refractivity (Wildman–Crippen MR) is 203 cm³/mol. The highest BCUT2D eigenvalue weighted by Gasteiger charge is 2.41. The van der Waals surface area contributed by atoms with Gasteiger partial charge in [0.15, 0.2) is 11.4 Å². The lowest BCUT2D eigenvalue weighted by molar-refractivity contribution is -0.137. The molecule has 0 unspecified atom stereocenters. The lowest BCUT2D eigenvalue weighted by atomic mass is 10.0. The van der Waals surface area contributed by atoms with Gasteiger partial charge in [0, 0.05) is 45.2 Å². The van der Waals surface area contributed by atoms with Crippen LogP contribution >= 0.6 is 11.6 Å². The first-order valence-corrected chi connectivity index (χ1v) is 18.8. The van der Waals surface area contributed by atoms with Crippen molar-refractivity contribution in [3.63, 3.8) is 0 Å². The summed E-state index contributed by atoms with van der Waals surface area (Å²) in [6.07, 6.45) is -3.02. The SMILES string of the molecule is Cc1ncnc(C(=O)N2CCN(c3c4n(c5nc(N6CCOCC6)nn5c3=O)[C@@H](C(=O)Nc3ccc(C(F)(F)F)cc3Cl)C[C@H]4C)CC2)c1OCc1ccccc1. The molecule has 6 heterocycles. The third kappa shape index (κ3) is 7.34. The number of aromatic nitrogens is 6. The van der Waals surface area contributed by atoms with Crippen LogP contribution in [0.25, 0.3) is 5.78 Å². The van der Waals surface area contributed by atoms with Crippen LogP contribution in [-0.4, -0.2) is 98.3 Å². The molecule has 3 aromatic heterocycles. The number of ether oxygens (including phenoxy) is 2.